The van der Waals surface area contributed by atoms with E-state index in [-0.39, 0.29) is 17.3 Å². The number of carbonyl (C=O) groups is 1. The lowest BCUT2D eigenvalue weighted by Crippen LogP contribution is -2.59. The van der Waals surface area contributed by atoms with Crippen molar-refractivity contribution in [1.29, 1.82) is 0 Å². The molecule has 0 amide bonds. The van der Waals surface area contributed by atoms with Gasteiger partial charge in [0.25, 0.3) is 0 Å². The average molecular weight is 320 g/mol. The average Bonchev–Trinajstić information content (AvgIpc) is 2.45. The lowest BCUT2D eigenvalue weighted by Gasteiger charge is -2.60. The van der Waals surface area contributed by atoms with E-state index in [0.717, 1.165) is 44.1 Å². The van der Waals surface area contributed by atoms with Crippen molar-refractivity contribution in [1.82, 2.24) is 0 Å². The maximum atomic E-state index is 12.0. The summed E-state index contributed by atoms with van der Waals surface area (Å²) >= 11 is 0. The molecule has 2 N–H and O–H groups in total. The summed E-state index contributed by atoms with van der Waals surface area (Å²) in [5.74, 6) is -0.447. The molecule has 0 aromatic carbocycles. The normalized spacial score (nSPS) is 43.5. The molecule has 0 spiro atoms. The monoisotopic (exact) mass is 320 g/mol. The molecule has 130 valence electrons. The Bertz CT molecular complexity index is 507. The van der Waals surface area contributed by atoms with Crippen LogP contribution in [0.5, 0.6) is 0 Å². The zero-order chi connectivity index (χ0) is 17.5. The van der Waals surface area contributed by atoms with Crippen molar-refractivity contribution in [2.75, 3.05) is 0 Å². The predicted molar refractivity (Wildman–Crippen MR) is 93.1 cm³/mol. The van der Waals surface area contributed by atoms with E-state index in [0.29, 0.717) is 6.42 Å². The molecule has 2 rings (SSSR count). The fourth-order valence-corrected chi connectivity index (χ4v) is 5.63. The zero-order valence-electron chi connectivity index (χ0n) is 14.9. The Morgan fingerprint density at radius 1 is 1.26 bits per heavy atom. The van der Waals surface area contributed by atoms with E-state index < -0.39 is 17.0 Å². The van der Waals surface area contributed by atoms with E-state index >= 15 is 0 Å². The number of hydrogen-bond donors (Lipinski definition) is 2. The maximum absolute atomic E-state index is 12.0. The van der Waals surface area contributed by atoms with Crippen molar-refractivity contribution in [2.45, 2.75) is 71.3 Å². The van der Waals surface area contributed by atoms with Crippen LogP contribution >= 0.6 is 0 Å². The second-order valence-electron chi connectivity index (χ2n) is 8.48. The molecule has 0 aromatic rings. The molecule has 0 aliphatic heterocycles. The highest BCUT2D eigenvalue weighted by molar-refractivity contribution is 5.75. The topological polar surface area (TPSA) is 57.5 Å². The minimum atomic E-state index is -0.733. The fraction of sp³-hybridized carbons (Fsp3) is 0.750. The van der Waals surface area contributed by atoms with E-state index in [1.165, 1.54) is 0 Å². The minimum absolute atomic E-state index is 0.101. The van der Waals surface area contributed by atoms with Crippen LogP contribution in [0.2, 0.25) is 0 Å². The number of fused-ring (bicyclic) bond motifs is 1. The van der Waals surface area contributed by atoms with E-state index in [1.807, 2.05) is 13.8 Å². The van der Waals surface area contributed by atoms with E-state index in [2.05, 4.69) is 20.1 Å². The molecule has 0 bridgehead atoms. The molecule has 5 atom stereocenters. The molecule has 5 unspecified atom stereocenters. The number of aliphatic hydroxyl groups is 1. The van der Waals surface area contributed by atoms with E-state index in [9.17, 15) is 15.0 Å². The Kier molecular flexibility index (Phi) is 4.83. The van der Waals surface area contributed by atoms with Crippen LogP contribution in [-0.2, 0) is 4.79 Å². The van der Waals surface area contributed by atoms with Crippen LogP contribution in [0.1, 0.15) is 65.7 Å². The van der Waals surface area contributed by atoms with Crippen LogP contribution in [0.15, 0.2) is 24.8 Å². The molecule has 2 aliphatic carbocycles. The first-order chi connectivity index (χ1) is 10.6. The zero-order valence-corrected chi connectivity index (χ0v) is 14.9. The third-order valence-electron chi connectivity index (χ3n) is 6.99. The molecule has 0 aromatic heterocycles. The molecule has 3 heteroatoms. The van der Waals surface area contributed by atoms with Gasteiger partial charge in [-0.1, -0.05) is 38.2 Å². The number of hydrogen-bond acceptors (Lipinski definition) is 2. The molecule has 2 fully saturated rings. The number of allylic oxidation sites excluding steroid dienone is 2. The molecular weight excluding hydrogens is 288 g/mol. The first-order valence-electron chi connectivity index (χ1n) is 8.84. The second kappa shape index (κ2) is 6.08. The lowest BCUT2D eigenvalue weighted by molar-refractivity contribution is -0.190. The summed E-state index contributed by atoms with van der Waals surface area (Å²) in [5, 5.41) is 20.9. The Balaban J connectivity index is 2.36. The smallest absolute Gasteiger partial charge is 0.309 e. The Morgan fingerprint density at radius 2 is 1.91 bits per heavy atom. The van der Waals surface area contributed by atoms with Gasteiger partial charge in [-0.3, -0.25) is 4.79 Å². The Morgan fingerprint density at radius 3 is 2.48 bits per heavy atom. The first kappa shape index (κ1) is 18.3. The van der Waals surface area contributed by atoms with Crippen molar-refractivity contribution in [3.8, 4) is 0 Å². The number of carboxylic acid groups (broad SMARTS) is 1. The summed E-state index contributed by atoms with van der Waals surface area (Å²) in [6.45, 7) is 13.8. The third-order valence-corrected chi connectivity index (χ3v) is 6.99. The van der Waals surface area contributed by atoms with Gasteiger partial charge >= 0.3 is 5.97 Å². The highest BCUT2D eigenvalue weighted by Crippen LogP contribution is 2.63. The molecule has 0 saturated heterocycles. The largest absolute Gasteiger partial charge is 0.481 e. The summed E-state index contributed by atoms with van der Waals surface area (Å²) in [6.07, 6.45) is 7.59. The van der Waals surface area contributed by atoms with Crippen LogP contribution < -0.4 is 0 Å². The third kappa shape index (κ3) is 3.00. The molecule has 0 radical (unpaired) electrons. The fourth-order valence-electron chi connectivity index (χ4n) is 5.63. The van der Waals surface area contributed by atoms with Gasteiger partial charge in [-0.15, -0.1) is 0 Å². The quantitative estimate of drug-likeness (QED) is 0.730. The number of aliphatic carboxylic acids is 1. The van der Waals surface area contributed by atoms with Crippen LogP contribution in [0, 0.1) is 22.7 Å². The SMILES string of the molecule is C=CC(=C)CCC1C(C)(O)CCC2C(C)(C(=O)O)CCCC12C. The van der Waals surface area contributed by atoms with Crippen LogP contribution in [-0.4, -0.2) is 21.8 Å². The van der Waals surface area contributed by atoms with Gasteiger partial charge in [0, 0.05) is 0 Å². The summed E-state index contributed by atoms with van der Waals surface area (Å²) in [7, 11) is 0. The Labute approximate surface area is 140 Å². The summed E-state index contributed by atoms with van der Waals surface area (Å²) < 4.78 is 0. The van der Waals surface area contributed by atoms with Crippen LogP contribution in [0.3, 0.4) is 0 Å². The van der Waals surface area contributed by atoms with E-state index in [4.69, 9.17) is 0 Å². The van der Waals surface area contributed by atoms with Crippen LogP contribution in [0.25, 0.3) is 0 Å². The molecule has 2 saturated carbocycles. The number of carboxylic acids is 1. The van der Waals surface area contributed by atoms with Gasteiger partial charge < -0.3 is 10.2 Å². The highest BCUT2D eigenvalue weighted by Gasteiger charge is 2.60. The highest BCUT2D eigenvalue weighted by atomic mass is 16.4. The molecule has 2 aliphatic rings. The van der Waals surface area contributed by atoms with Gasteiger partial charge in [0.15, 0.2) is 0 Å². The molecular formula is C20H32O3. The predicted octanol–water partition coefficient (Wildman–Crippen LogP) is 4.57. The lowest BCUT2D eigenvalue weighted by atomic mass is 9.44. The number of rotatable bonds is 5. The van der Waals surface area contributed by atoms with Gasteiger partial charge in [0.05, 0.1) is 11.0 Å². The van der Waals surface area contributed by atoms with Gasteiger partial charge in [0.2, 0.25) is 0 Å². The minimum Gasteiger partial charge on any atom is -0.481 e. The summed E-state index contributed by atoms with van der Waals surface area (Å²) in [4.78, 5) is 12.0. The van der Waals surface area contributed by atoms with Gasteiger partial charge in [-0.25, -0.2) is 0 Å². The maximum Gasteiger partial charge on any atom is 0.309 e. The standard InChI is InChI=1S/C20H32O3/c1-6-14(2)8-9-16-18(3)11-7-12-19(4,17(21)22)15(18)10-13-20(16,5)23/h6,15-16,23H,1-2,7-13H2,3-5H3,(H,21,22). The van der Waals surface area contributed by atoms with Gasteiger partial charge in [0.1, 0.15) is 0 Å². The van der Waals surface area contributed by atoms with Crippen molar-refractivity contribution in [2.24, 2.45) is 22.7 Å². The van der Waals surface area contributed by atoms with Gasteiger partial charge in [-0.05, 0) is 69.6 Å². The second-order valence-corrected chi connectivity index (χ2v) is 8.48. The van der Waals surface area contributed by atoms with Crippen LogP contribution in [0.4, 0.5) is 0 Å². The van der Waals surface area contributed by atoms with E-state index in [1.54, 1.807) is 6.08 Å². The van der Waals surface area contributed by atoms with Crippen molar-refractivity contribution < 1.29 is 15.0 Å². The van der Waals surface area contributed by atoms with Crippen molar-refractivity contribution in [3.63, 3.8) is 0 Å². The first-order valence-corrected chi connectivity index (χ1v) is 8.84. The van der Waals surface area contributed by atoms with Crippen molar-refractivity contribution >= 4 is 5.97 Å². The molecule has 3 nitrogen and oxygen atoms in total. The molecule has 0 heterocycles. The molecule has 23 heavy (non-hydrogen) atoms. The summed E-state index contributed by atoms with van der Waals surface area (Å²) in [6, 6.07) is 0. The van der Waals surface area contributed by atoms with Crippen molar-refractivity contribution in [3.05, 3.63) is 24.8 Å². The Hall–Kier alpha value is -1.09. The van der Waals surface area contributed by atoms with Gasteiger partial charge in [-0.2, -0.15) is 0 Å². The summed E-state index contributed by atoms with van der Waals surface area (Å²) in [5.41, 5.74) is -0.543.